The van der Waals surface area contributed by atoms with Crippen LogP contribution in [0, 0.1) is 3.70 Å². The minimum atomic E-state index is -2.61. The van der Waals surface area contributed by atoms with Gasteiger partial charge in [-0.15, -0.1) is 0 Å². The molecule has 0 aromatic carbocycles. The number of ether oxygens (including phenoxy) is 1. The third kappa shape index (κ3) is 2.17. The number of nitrogen functional groups attached to an aromatic ring is 1. The molecule has 1 aromatic heterocycles. The van der Waals surface area contributed by atoms with Crippen molar-refractivity contribution in [1.82, 2.24) is 4.98 Å². The maximum atomic E-state index is 12.2. The molecule has 1 heterocycles. The molecule has 0 bridgehead atoms. The molecule has 0 saturated carbocycles. The van der Waals surface area contributed by atoms with Crippen molar-refractivity contribution < 1.29 is 13.5 Å². The van der Waals surface area contributed by atoms with Crippen LogP contribution < -0.4 is 10.5 Å². The van der Waals surface area contributed by atoms with E-state index in [1.807, 2.05) is 0 Å². The van der Waals surface area contributed by atoms with Gasteiger partial charge < -0.3 is 10.5 Å². The van der Waals surface area contributed by atoms with E-state index >= 15 is 0 Å². The van der Waals surface area contributed by atoms with Gasteiger partial charge in [0.2, 0.25) is 0 Å². The number of pyridine rings is 1. The Labute approximate surface area is 87.4 Å². The van der Waals surface area contributed by atoms with Gasteiger partial charge in [0.15, 0.2) is 5.75 Å². The number of alkyl halides is 2. The van der Waals surface area contributed by atoms with E-state index in [2.05, 4.69) is 4.98 Å². The van der Waals surface area contributed by atoms with Crippen LogP contribution in [-0.2, 0) is 0 Å². The molecule has 0 radical (unpaired) electrons. The van der Waals surface area contributed by atoms with Gasteiger partial charge >= 0.3 is 0 Å². The quantitative estimate of drug-likeness (QED) is 0.673. The van der Waals surface area contributed by atoms with Gasteiger partial charge in [0.1, 0.15) is 9.39 Å². The summed E-state index contributed by atoms with van der Waals surface area (Å²) in [4.78, 5) is 3.64. The van der Waals surface area contributed by atoms with Gasteiger partial charge in [0, 0.05) is 0 Å². The molecule has 3 nitrogen and oxygen atoms in total. The van der Waals surface area contributed by atoms with Crippen molar-refractivity contribution in [3.63, 3.8) is 0 Å². The van der Waals surface area contributed by atoms with E-state index in [1.165, 1.54) is 7.11 Å². The van der Waals surface area contributed by atoms with Gasteiger partial charge in [-0.3, -0.25) is 0 Å². The summed E-state index contributed by atoms with van der Waals surface area (Å²) in [7, 11) is 1.41. The molecule has 0 aliphatic rings. The van der Waals surface area contributed by atoms with Gasteiger partial charge in [-0.25, -0.2) is 13.8 Å². The second-order valence-electron chi connectivity index (χ2n) is 2.26. The zero-order chi connectivity index (χ0) is 10.0. The van der Waals surface area contributed by atoms with Crippen molar-refractivity contribution in [3.8, 4) is 5.75 Å². The number of methoxy groups -OCH3 is 1. The predicted octanol–water partition coefficient (Wildman–Crippen LogP) is 2.21. The number of hydrogen-bond donors (Lipinski definition) is 1. The first kappa shape index (κ1) is 10.4. The van der Waals surface area contributed by atoms with Crippen molar-refractivity contribution in [1.29, 1.82) is 0 Å². The molecule has 0 amide bonds. The van der Waals surface area contributed by atoms with E-state index in [-0.39, 0.29) is 11.4 Å². The highest BCUT2D eigenvalue weighted by Crippen LogP contribution is 2.29. The lowest BCUT2D eigenvalue weighted by Gasteiger charge is -2.08. The Bertz CT molecular complexity index is 296. The van der Waals surface area contributed by atoms with Crippen LogP contribution in [0.1, 0.15) is 12.1 Å². The summed E-state index contributed by atoms with van der Waals surface area (Å²) in [6.45, 7) is 0. The number of halogens is 3. The molecule has 0 aliphatic carbocycles. The molecule has 0 atom stereocenters. The van der Waals surface area contributed by atoms with E-state index in [0.717, 1.165) is 6.07 Å². The molecule has 13 heavy (non-hydrogen) atoms. The first-order valence-electron chi connectivity index (χ1n) is 3.34. The number of nitrogens with zero attached hydrogens (tertiary/aromatic N) is 1. The monoisotopic (exact) mass is 300 g/mol. The van der Waals surface area contributed by atoms with Crippen LogP contribution in [0.4, 0.5) is 14.5 Å². The summed E-state index contributed by atoms with van der Waals surface area (Å²) in [5.41, 5.74) is 5.31. The zero-order valence-electron chi connectivity index (χ0n) is 6.72. The number of aromatic nitrogens is 1. The van der Waals surface area contributed by atoms with E-state index in [9.17, 15) is 8.78 Å². The number of anilines is 1. The van der Waals surface area contributed by atoms with Crippen molar-refractivity contribution in [3.05, 3.63) is 15.5 Å². The van der Waals surface area contributed by atoms with Crippen LogP contribution in [0.3, 0.4) is 0 Å². The molecule has 0 fully saturated rings. The Balaban J connectivity index is 3.20. The van der Waals surface area contributed by atoms with E-state index < -0.39 is 6.43 Å². The Morgan fingerprint density at radius 1 is 1.62 bits per heavy atom. The highest BCUT2D eigenvalue weighted by Gasteiger charge is 2.14. The van der Waals surface area contributed by atoms with Crippen LogP contribution in [0.2, 0.25) is 0 Å². The Hall–Kier alpha value is -0.660. The van der Waals surface area contributed by atoms with Crippen molar-refractivity contribution in [2.24, 2.45) is 0 Å². The minimum Gasteiger partial charge on any atom is -0.492 e. The van der Waals surface area contributed by atoms with Gasteiger partial charge in [-0.1, -0.05) is 0 Å². The molecule has 0 aliphatic heterocycles. The first-order valence-corrected chi connectivity index (χ1v) is 4.42. The van der Waals surface area contributed by atoms with Gasteiger partial charge in [-0.2, -0.15) is 0 Å². The Morgan fingerprint density at radius 3 is 2.62 bits per heavy atom. The Morgan fingerprint density at radius 2 is 2.23 bits per heavy atom. The molecule has 72 valence electrons. The van der Waals surface area contributed by atoms with Gasteiger partial charge in [0.25, 0.3) is 6.43 Å². The Kier molecular flexibility index (Phi) is 3.23. The van der Waals surface area contributed by atoms with Crippen LogP contribution in [0.5, 0.6) is 5.75 Å². The SMILES string of the molecule is COc1c(N)cc(C(F)F)nc1I. The van der Waals surface area contributed by atoms with E-state index in [4.69, 9.17) is 10.5 Å². The summed E-state index contributed by atoms with van der Waals surface area (Å²) in [5.74, 6) is 0.338. The van der Waals surface area contributed by atoms with Crippen molar-refractivity contribution >= 4 is 28.3 Å². The van der Waals surface area contributed by atoms with Crippen LogP contribution >= 0.6 is 22.6 Å². The van der Waals surface area contributed by atoms with Crippen molar-refractivity contribution in [2.45, 2.75) is 6.43 Å². The summed E-state index contributed by atoms with van der Waals surface area (Å²) >= 11 is 1.80. The molecule has 0 saturated heterocycles. The smallest absolute Gasteiger partial charge is 0.280 e. The normalized spacial score (nSPS) is 10.5. The van der Waals surface area contributed by atoms with E-state index in [0.29, 0.717) is 9.45 Å². The standard InChI is InChI=1S/C7H7F2IN2O/c1-13-5-3(11)2-4(6(8)9)12-7(5)10/h2,6H,1H3,(H2,11,12). The second kappa shape index (κ2) is 4.03. The van der Waals surface area contributed by atoms with Crippen LogP contribution in [-0.4, -0.2) is 12.1 Å². The molecule has 1 aromatic rings. The number of rotatable bonds is 2. The summed E-state index contributed by atoms with van der Waals surface area (Å²) in [6.07, 6.45) is -2.61. The lowest BCUT2D eigenvalue weighted by atomic mass is 10.3. The summed E-state index contributed by atoms with van der Waals surface area (Å²) in [6, 6.07) is 1.12. The molecule has 0 spiro atoms. The molecular weight excluding hydrogens is 293 g/mol. The lowest BCUT2D eigenvalue weighted by Crippen LogP contribution is -2.01. The maximum Gasteiger partial charge on any atom is 0.280 e. The molecular formula is C7H7F2IN2O. The maximum absolute atomic E-state index is 12.2. The molecule has 0 unspecified atom stereocenters. The third-order valence-corrected chi connectivity index (χ3v) is 2.14. The fraction of sp³-hybridized carbons (Fsp3) is 0.286. The average Bonchev–Trinajstić information content (AvgIpc) is 2.03. The fourth-order valence-electron chi connectivity index (χ4n) is 0.854. The zero-order valence-corrected chi connectivity index (χ0v) is 8.88. The predicted molar refractivity (Wildman–Crippen MR) is 52.9 cm³/mol. The highest BCUT2D eigenvalue weighted by atomic mass is 127. The minimum absolute atomic E-state index is 0.178. The van der Waals surface area contributed by atoms with E-state index in [1.54, 1.807) is 22.6 Å². The largest absolute Gasteiger partial charge is 0.492 e. The summed E-state index contributed by atoms with van der Waals surface area (Å²) in [5, 5.41) is 0. The van der Waals surface area contributed by atoms with Gasteiger partial charge in [0.05, 0.1) is 12.8 Å². The average molecular weight is 300 g/mol. The number of nitrogens with two attached hydrogens (primary N) is 1. The molecule has 6 heteroatoms. The van der Waals surface area contributed by atoms with Crippen LogP contribution in [0.15, 0.2) is 6.07 Å². The lowest BCUT2D eigenvalue weighted by molar-refractivity contribution is 0.146. The second-order valence-corrected chi connectivity index (χ2v) is 3.28. The molecule has 2 N–H and O–H groups in total. The number of hydrogen-bond acceptors (Lipinski definition) is 3. The summed E-state index contributed by atoms with van der Waals surface area (Å²) < 4.78 is 29.6. The van der Waals surface area contributed by atoms with Gasteiger partial charge in [-0.05, 0) is 28.7 Å². The first-order chi connectivity index (χ1) is 6.06. The topological polar surface area (TPSA) is 48.1 Å². The molecule has 1 rings (SSSR count). The van der Waals surface area contributed by atoms with Crippen LogP contribution in [0.25, 0.3) is 0 Å². The third-order valence-electron chi connectivity index (χ3n) is 1.41. The highest BCUT2D eigenvalue weighted by molar-refractivity contribution is 14.1. The fourth-order valence-corrected chi connectivity index (χ4v) is 1.66. The van der Waals surface area contributed by atoms with Crippen molar-refractivity contribution in [2.75, 3.05) is 12.8 Å².